The van der Waals surface area contributed by atoms with Crippen molar-refractivity contribution in [2.75, 3.05) is 0 Å². The summed E-state index contributed by atoms with van der Waals surface area (Å²) in [5, 5.41) is 7.69. The fraction of sp³-hybridized carbons (Fsp3) is 0.375. The van der Waals surface area contributed by atoms with Crippen molar-refractivity contribution >= 4 is 21.7 Å². The molecule has 0 spiro atoms. The molecule has 0 fully saturated rings. The summed E-state index contributed by atoms with van der Waals surface area (Å²) in [4.78, 5) is 12.6. The number of aryl methyl sites for hydroxylation is 2. The standard InChI is InChI=1S/C16H18BrN3O/c1-10-16(17)14(20(2)19-10)8-15(21)13-7-11-5-3-4-6-12(11)9-18-13/h3-6,13,18H,7-9H2,1-2H3. The van der Waals surface area contributed by atoms with E-state index >= 15 is 0 Å². The van der Waals surface area contributed by atoms with E-state index in [0.29, 0.717) is 6.42 Å². The second-order valence-corrected chi connectivity index (χ2v) is 6.31. The summed E-state index contributed by atoms with van der Waals surface area (Å²) in [5.41, 5.74) is 4.43. The predicted octanol–water partition coefficient (Wildman–Crippen LogP) is 2.32. The van der Waals surface area contributed by atoms with Gasteiger partial charge in [0.2, 0.25) is 0 Å². The van der Waals surface area contributed by atoms with E-state index in [1.807, 2.05) is 26.1 Å². The quantitative estimate of drug-likeness (QED) is 0.926. The number of ketones is 1. The van der Waals surface area contributed by atoms with E-state index in [1.165, 1.54) is 11.1 Å². The van der Waals surface area contributed by atoms with Crippen molar-refractivity contribution < 1.29 is 4.79 Å². The third-order valence-corrected chi connectivity index (χ3v) is 5.10. The number of nitrogens with zero attached hydrogens (tertiary/aromatic N) is 2. The lowest BCUT2D eigenvalue weighted by Crippen LogP contribution is -2.42. The Balaban J connectivity index is 1.75. The fourth-order valence-electron chi connectivity index (χ4n) is 2.84. The van der Waals surface area contributed by atoms with Crippen molar-refractivity contribution in [2.24, 2.45) is 7.05 Å². The molecule has 0 aliphatic carbocycles. The Labute approximate surface area is 132 Å². The summed E-state index contributed by atoms with van der Waals surface area (Å²) >= 11 is 3.52. The SMILES string of the molecule is Cc1nn(C)c(CC(=O)C2Cc3ccccc3CN2)c1Br. The van der Waals surface area contributed by atoms with Gasteiger partial charge in [-0.3, -0.25) is 9.48 Å². The van der Waals surface area contributed by atoms with Gasteiger partial charge in [-0.15, -0.1) is 0 Å². The van der Waals surface area contributed by atoms with Gasteiger partial charge in [-0.2, -0.15) is 5.10 Å². The Bertz CT molecular complexity index is 693. The number of aromatic nitrogens is 2. The number of fused-ring (bicyclic) bond motifs is 1. The lowest BCUT2D eigenvalue weighted by molar-refractivity contribution is -0.120. The number of nitrogens with one attached hydrogen (secondary N) is 1. The molecule has 0 saturated carbocycles. The summed E-state index contributed by atoms with van der Waals surface area (Å²) in [6.45, 7) is 2.70. The van der Waals surface area contributed by atoms with Crippen LogP contribution in [-0.2, 0) is 31.2 Å². The van der Waals surface area contributed by atoms with Gasteiger partial charge in [0, 0.05) is 13.6 Å². The van der Waals surface area contributed by atoms with Gasteiger partial charge in [-0.1, -0.05) is 24.3 Å². The van der Waals surface area contributed by atoms with E-state index < -0.39 is 0 Å². The van der Waals surface area contributed by atoms with Crippen LogP contribution in [0.2, 0.25) is 0 Å². The van der Waals surface area contributed by atoms with Crippen LogP contribution < -0.4 is 5.32 Å². The molecule has 2 heterocycles. The van der Waals surface area contributed by atoms with E-state index in [9.17, 15) is 4.79 Å². The average molecular weight is 348 g/mol. The van der Waals surface area contributed by atoms with Crippen molar-refractivity contribution in [2.45, 2.75) is 32.4 Å². The molecular formula is C16H18BrN3O. The highest BCUT2D eigenvalue weighted by Crippen LogP contribution is 2.22. The maximum absolute atomic E-state index is 12.6. The molecule has 110 valence electrons. The molecule has 0 bridgehead atoms. The summed E-state index contributed by atoms with van der Waals surface area (Å²) in [6, 6.07) is 8.19. The third kappa shape index (κ3) is 2.80. The van der Waals surface area contributed by atoms with Crippen molar-refractivity contribution in [1.82, 2.24) is 15.1 Å². The van der Waals surface area contributed by atoms with E-state index in [-0.39, 0.29) is 11.8 Å². The number of benzene rings is 1. The molecule has 21 heavy (non-hydrogen) atoms. The van der Waals surface area contributed by atoms with Gasteiger partial charge in [-0.05, 0) is 40.4 Å². The van der Waals surface area contributed by atoms with Gasteiger partial charge in [0.05, 0.1) is 28.3 Å². The van der Waals surface area contributed by atoms with E-state index in [4.69, 9.17) is 0 Å². The zero-order chi connectivity index (χ0) is 15.0. The molecule has 1 aliphatic heterocycles. The Morgan fingerprint density at radius 2 is 2.14 bits per heavy atom. The zero-order valence-corrected chi connectivity index (χ0v) is 13.8. The molecule has 0 saturated heterocycles. The van der Waals surface area contributed by atoms with E-state index in [0.717, 1.165) is 28.8 Å². The molecule has 1 aromatic carbocycles. The Hall–Kier alpha value is -1.46. The second kappa shape index (κ2) is 5.73. The lowest BCUT2D eigenvalue weighted by Gasteiger charge is -2.25. The second-order valence-electron chi connectivity index (χ2n) is 5.52. The molecule has 5 heteroatoms. The topological polar surface area (TPSA) is 46.9 Å². The number of hydrogen-bond donors (Lipinski definition) is 1. The van der Waals surface area contributed by atoms with E-state index in [1.54, 1.807) is 4.68 Å². The van der Waals surface area contributed by atoms with Crippen LogP contribution in [-0.4, -0.2) is 21.6 Å². The summed E-state index contributed by atoms with van der Waals surface area (Å²) in [6.07, 6.45) is 1.17. The van der Waals surface area contributed by atoms with Gasteiger partial charge < -0.3 is 5.32 Å². The van der Waals surface area contributed by atoms with Crippen LogP contribution >= 0.6 is 15.9 Å². The highest BCUT2D eigenvalue weighted by molar-refractivity contribution is 9.10. The van der Waals surface area contributed by atoms with Gasteiger partial charge in [0.15, 0.2) is 5.78 Å². The average Bonchev–Trinajstić information content (AvgIpc) is 2.73. The summed E-state index contributed by atoms with van der Waals surface area (Å²) < 4.78 is 2.73. The van der Waals surface area contributed by atoms with Crippen molar-refractivity contribution in [3.8, 4) is 0 Å². The molecular weight excluding hydrogens is 330 g/mol. The van der Waals surface area contributed by atoms with Gasteiger partial charge in [-0.25, -0.2) is 0 Å². The first-order valence-electron chi connectivity index (χ1n) is 7.07. The molecule has 2 aromatic rings. The smallest absolute Gasteiger partial charge is 0.156 e. The van der Waals surface area contributed by atoms with Crippen LogP contribution in [0.3, 0.4) is 0 Å². The fourth-order valence-corrected chi connectivity index (χ4v) is 3.32. The number of carbonyl (C=O) groups excluding carboxylic acids is 1. The number of Topliss-reactive ketones (excluding diaryl/α,β-unsaturated/α-hetero) is 1. The highest BCUT2D eigenvalue weighted by Gasteiger charge is 2.25. The zero-order valence-electron chi connectivity index (χ0n) is 12.2. The predicted molar refractivity (Wildman–Crippen MR) is 85.1 cm³/mol. The molecule has 1 N–H and O–H groups in total. The number of carbonyl (C=O) groups is 1. The first-order valence-corrected chi connectivity index (χ1v) is 7.86. The van der Waals surface area contributed by atoms with Crippen LogP contribution in [0, 0.1) is 6.92 Å². The third-order valence-electron chi connectivity index (χ3n) is 4.07. The van der Waals surface area contributed by atoms with Crippen LogP contribution in [0.15, 0.2) is 28.7 Å². The molecule has 4 nitrogen and oxygen atoms in total. The number of halogens is 1. The molecule has 3 rings (SSSR count). The monoisotopic (exact) mass is 347 g/mol. The van der Waals surface area contributed by atoms with Crippen molar-refractivity contribution in [3.05, 3.63) is 51.3 Å². The molecule has 1 aliphatic rings. The number of rotatable bonds is 3. The molecule has 0 radical (unpaired) electrons. The Kier molecular flexibility index (Phi) is 3.95. The van der Waals surface area contributed by atoms with E-state index in [2.05, 4.69) is 38.5 Å². The minimum atomic E-state index is -0.109. The van der Waals surface area contributed by atoms with Crippen molar-refractivity contribution in [1.29, 1.82) is 0 Å². The summed E-state index contributed by atoms with van der Waals surface area (Å²) in [5.74, 6) is 0.216. The van der Waals surface area contributed by atoms with Crippen LogP contribution in [0.5, 0.6) is 0 Å². The van der Waals surface area contributed by atoms with Crippen LogP contribution in [0.4, 0.5) is 0 Å². The van der Waals surface area contributed by atoms with Gasteiger partial charge >= 0.3 is 0 Å². The summed E-state index contributed by atoms with van der Waals surface area (Å²) in [7, 11) is 1.88. The largest absolute Gasteiger partial charge is 0.303 e. The molecule has 1 unspecified atom stereocenters. The lowest BCUT2D eigenvalue weighted by atomic mass is 9.92. The maximum atomic E-state index is 12.6. The Morgan fingerprint density at radius 1 is 1.43 bits per heavy atom. The number of hydrogen-bond acceptors (Lipinski definition) is 3. The Morgan fingerprint density at radius 3 is 2.81 bits per heavy atom. The van der Waals surface area contributed by atoms with Crippen LogP contribution in [0.1, 0.15) is 22.5 Å². The first-order chi connectivity index (χ1) is 10.1. The minimum Gasteiger partial charge on any atom is -0.303 e. The van der Waals surface area contributed by atoms with Crippen molar-refractivity contribution in [3.63, 3.8) is 0 Å². The molecule has 1 atom stereocenters. The van der Waals surface area contributed by atoms with Gasteiger partial charge in [0.25, 0.3) is 0 Å². The molecule has 1 aromatic heterocycles. The molecule has 0 amide bonds. The first kappa shape index (κ1) is 14.5. The highest BCUT2D eigenvalue weighted by atomic mass is 79.9. The normalized spacial score (nSPS) is 17.6. The van der Waals surface area contributed by atoms with Gasteiger partial charge in [0.1, 0.15) is 0 Å². The minimum absolute atomic E-state index is 0.109. The van der Waals surface area contributed by atoms with Crippen LogP contribution in [0.25, 0.3) is 0 Å². The maximum Gasteiger partial charge on any atom is 0.156 e.